The summed E-state index contributed by atoms with van der Waals surface area (Å²) in [5.41, 5.74) is 1.46. The molecule has 0 amide bonds. The van der Waals surface area contributed by atoms with Crippen LogP contribution in [0, 0.1) is 11.8 Å². The maximum Gasteiger partial charge on any atom is 0.0177 e. The third kappa shape index (κ3) is 4.10. The molecule has 100 valence electrons. The molecule has 1 N–H and O–H groups in total. The van der Waals surface area contributed by atoms with E-state index in [1.54, 1.807) is 0 Å². The molecule has 0 saturated heterocycles. The fourth-order valence-corrected chi connectivity index (χ4v) is 3.12. The molecule has 1 nitrogen and oxygen atoms in total. The Balaban J connectivity index is 1.95. The van der Waals surface area contributed by atoms with Crippen LogP contribution in [-0.2, 0) is 6.42 Å². The number of hydrogen-bond donors (Lipinski definition) is 1. The van der Waals surface area contributed by atoms with Crippen LogP contribution in [0.5, 0.6) is 0 Å². The molecule has 1 atom stereocenters. The zero-order valence-corrected chi connectivity index (χ0v) is 13.0. The molecule has 0 bridgehead atoms. The van der Waals surface area contributed by atoms with E-state index in [1.165, 1.54) is 35.7 Å². The normalized spacial score (nSPS) is 17.8. The summed E-state index contributed by atoms with van der Waals surface area (Å²) < 4.78 is 1.20. The van der Waals surface area contributed by atoms with Crippen molar-refractivity contribution in [2.45, 2.75) is 45.6 Å². The lowest BCUT2D eigenvalue weighted by Crippen LogP contribution is -2.36. The highest BCUT2D eigenvalue weighted by Gasteiger charge is 2.27. The second-order valence-electron chi connectivity index (χ2n) is 5.85. The summed E-state index contributed by atoms with van der Waals surface area (Å²) in [5, 5.41) is 3.62. The molecular weight excluding hydrogens is 286 g/mol. The Kier molecular flexibility index (Phi) is 5.25. The maximum atomic E-state index is 3.62. The number of nitrogens with one attached hydrogen (secondary N) is 1. The molecule has 0 heterocycles. The highest BCUT2D eigenvalue weighted by atomic mass is 79.9. The minimum absolute atomic E-state index is 0.593. The summed E-state index contributed by atoms with van der Waals surface area (Å²) in [6.07, 6.45) is 5.50. The van der Waals surface area contributed by atoms with E-state index in [4.69, 9.17) is 0 Å². The summed E-state index contributed by atoms with van der Waals surface area (Å²) >= 11 is 3.57. The SMILES string of the molecule is CC(C)NCC(Cc1cccc(Br)c1)C1CCC1. The van der Waals surface area contributed by atoms with Gasteiger partial charge in [-0.3, -0.25) is 0 Å². The van der Waals surface area contributed by atoms with Crippen LogP contribution in [0.1, 0.15) is 38.7 Å². The van der Waals surface area contributed by atoms with Crippen molar-refractivity contribution >= 4 is 15.9 Å². The first-order valence-electron chi connectivity index (χ1n) is 7.13. The third-order valence-corrected chi connectivity index (χ3v) is 4.48. The van der Waals surface area contributed by atoms with Crippen molar-refractivity contribution in [3.05, 3.63) is 34.3 Å². The Morgan fingerprint density at radius 2 is 2.11 bits per heavy atom. The quantitative estimate of drug-likeness (QED) is 0.821. The maximum absolute atomic E-state index is 3.62. The molecule has 1 aromatic rings. The summed E-state index contributed by atoms with van der Waals surface area (Å²) in [7, 11) is 0. The van der Waals surface area contributed by atoms with Gasteiger partial charge in [0.15, 0.2) is 0 Å². The summed E-state index contributed by atoms with van der Waals surface area (Å²) in [6, 6.07) is 9.36. The van der Waals surface area contributed by atoms with Gasteiger partial charge in [0.2, 0.25) is 0 Å². The zero-order chi connectivity index (χ0) is 13.0. The van der Waals surface area contributed by atoms with Gasteiger partial charge >= 0.3 is 0 Å². The third-order valence-electron chi connectivity index (χ3n) is 3.99. The zero-order valence-electron chi connectivity index (χ0n) is 11.5. The van der Waals surface area contributed by atoms with Gasteiger partial charge in [0.05, 0.1) is 0 Å². The Hall–Kier alpha value is -0.340. The van der Waals surface area contributed by atoms with Gasteiger partial charge in [-0.25, -0.2) is 0 Å². The molecule has 0 radical (unpaired) electrons. The van der Waals surface area contributed by atoms with E-state index in [0.717, 1.165) is 18.4 Å². The topological polar surface area (TPSA) is 12.0 Å². The van der Waals surface area contributed by atoms with Crippen molar-refractivity contribution in [1.29, 1.82) is 0 Å². The van der Waals surface area contributed by atoms with Crippen LogP contribution in [0.3, 0.4) is 0 Å². The molecule has 0 aliphatic heterocycles. The molecule has 1 unspecified atom stereocenters. The number of hydrogen-bond acceptors (Lipinski definition) is 1. The lowest BCUT2D eigenvalue weighted by atomic mass is 9.73. The molecule has 1 saturated carbocycles. The van der Waals surface area contributed by atoms with Crippen molar-refractivity contribution in [3.8, 4) is 0 Å². The second kappa shape index (κ2) is 6.72. The Morgan fingerprint density at radius 3 is 2.67 bits per heavy atom. The fourth-order valence-electron chi connectivity index (χ4n) is 2.67. The summed E-state index contributed by atoms with van der Waals surface area (Å²) in [5.74, 6) is 1.74. The van der Waals surface area contributed by atoms with Crippen LogP contribution in [0.2, 0.25) is 0 Å². The second-order valence-corrected chi connectivity index (χ2v) is 6.76. The lowest BCUT2D eigenvalue weighted by Gasteiger charge is -2.34. The molecule has 0 spiro atoms. The van der Waals surface area contributed by atoms with Crippen molar-refractivity contribution in [3.63, 3.8) is 0 Å². The van der Waals surface area contributed by atoms with Gasteiger partial charge in [-0.05, 0) is 42.5 Å². The van der Waals surface area contributed by atoms with Crippen LogP contribution in [0.15, 0.2) is 28.7 Å². The molecule has 2 rings (SSSR count). The molecular formula is C16H24BrN. The predicted molar refractivity (Wildman–Crippen MR) is 81.8 cm³/mol. The van der Waals surface area contributed by atoms with Gasteiger partial charge in [0.25, 0.3) is 0 Å². The van der Waals surface area contributed by atoms with Crippen LogP contribution < -0.4 is 5.32 Å². The van der Waals surface area contributed by atoms with E-state index in [2.05, 4.69) is 59.4 Å². The van der Waals surface area contributed by atoms with E-state index in [0.29, 0.717) is 6.04 Å². The van der Waals surface area contributed by atoms with E-state index in [-0.39, 0.29) is 0 Å². The molecule has 1 aromatic carbocycles. The first-order valence-corrected chi connectivity index (χ1v) is 7.92. The minimum atomic E-state index is 0.593. The molecule has 0 aromatic heterocycles. The highest BCUT2D eigenvalue weighted by Crippen LogP contribution is 2.35. The molecule has 1 aliphatic rings. The number of benzene rings is 1. The van der Waals surface area contributed by atoms with E-state index < -0.39 is 0 Å². The van der Waals surface area contributed by atoms with Crippen LogP contribution >= 0.6 is 15.9 Å². The molecule has 1 fully saturated rings. The average Bonchev–Trinajstić information content (AvgIpc) is 2.23. The molecule has 18 heavy (non-hydrogen) atoms. The van der Waals surface area contributed by atoms with Crippen LogP contribution in [-0.4, -0.2) is 12.6 Å². The Bertz CT molecular complexity index is 371. The van der Waals surface area contributed by atoms with Crippen molar-refractivity contribution in [2.75, 3.05) is 6.54 Å². The minimum Gasteiger partial charge on any atom is -0.314 e. The van der Waals surface area contributed by atoms with E-state index in [9.17, 15) is 0 Å². The van der Waals surface area contributed by atoms with Gasteiger partial charge in [-0.1, -0.05) is 61.2 Å². The van der Waals surface area contributed by atoms with Crippen LogP contribution in [0.4, 0.5) is 0 Å². The van der Waals surface area contributed by atoms with Gasteiger partial charge in [-0.2, -0.15) is 0 Å². The first kappa shape index (κ1) is 14.1. The van der Waals surface area contributed by atoms with E-state index >= 15 is 0 Å². The number of halogens is 1. The molecule has 1 aliphatic carbocycles. The van der Waals surface area contributed by atoms with Crippen molar-refractivity contribution < 1.29 is 0 Å². The fraction of sp³-hybridized carbons (Fsp3) is 0.625. The van der Waals surface area contributed by atoms with E-state index in [1.807, 2.05) is 0 Å². The first-order chi connectivity index (χ1) is 8.65. The van der Waals surface area contributed by atoms with Crippen LogP contribution in [0.25, 0.3) is 0 Å². The van der Waals surface area contributed by atoms with Crippen molar-refractivity contribution in [2.24, 2.45) is 11.8 Å². The Labute approximate surface area is 119 Å². The van der Waals surface area contributed by atoms with Gasteiger partial charge in [0, 0.05) is 10.5 Å². The predicted octanol–water partition coefficient (Wildman–Crippen LogP) is 4.41. The van der Waals surface area contributed by atoms with Gasteiger partial charge < -0.3 is 5.32 Å². The smallest absolute Gasteiger partial charge is 0.0177 e. The largest absolute Gasteiger partial charge is 0.314 e. The van der Waals surface area contributed by atoms with Gasteiger partial charge in [0.1, 0.15) is 0 Å². The standard InChI is InChI=1S/C16H24BrN/c1-12(2)18-11-15(14-6-4-7-14)9-13-5-3-8-16(17)10-13/h3,5,8,10,12,14-15,18H,4,6-7,9,11H2,1-2H3. The number of rotatable bonds is 6. The lowest BCUT2D eigenvalue weighted by molar-refractivity contribution is 0.197. The summed E-state index contributed by atoms with van der Waals surface area (Å²) in [6.45, 7) is 5.63. The van der Waals surface area contributed by atoms with Crippen molar-refractivity contribution in [1.82, 2.24) is 5.32 Å². The molecule has 2 heteroatoms. The monoisotopic (exact) mass is 309 g/mol. The van der Waals surface area contributed by atoms with Gasteiger partial charge in [-0.15, -0.1) is 0 Å². The summed E-state index contributed by atoms with van der Waals surface area (Å²) in [4.78, 5) is 0. The highest BCUT2D eigenvalue weighted by molar-refractivity contribution is 9.10. The Morgan fingerprint density at radius 1 is 1.33 bits per heavy atom. The average molecular weight is 310 g/mol.